The van der Waals surface area contributed by atoms with Crippen LogP contribution in [-0.4, -0.2) is 36.1 Å². The van der Waals surface area contributed by atoms with Gasteiger partial charge in [0.1, 0.15) is 0 Å². The van der Waals surface area contributed by atoms with Gasteiger partial charge in [0.25, 0.3) is 0 Å². The molecule has 4 aliphatic rings. The van der Waals surface area contributed by atoms with Crippen LogP contribution in [0.3, 0.4) is 0 Å². The molecule has 0 bridgehead atoms. The molecule has 4 aromatic rings. The van der Waals surface area contributed by atoms with Crippen LogP contribution in [0.25, 0.3) is 0 Å². The molecule has 8 heteroatoms. The van der Waals surface area contributed by atoms with Gasteiger partial charge in [-0.15, -0.1) is 23.5 Å². The van der Waals surface area contributed by atoms with Crippen LogP contribution in [0.1, 0.15) is 108 Å². The second-order valence-corrected chi connectivity index (χ2v) is 17.8. The monoisotopic (exact) mass is 772 g/mol. The molecule has 2 fully saturated rings. The molecule has 2 aromatic heterocycles. The molecule has 8 rings (SSSR count). The molecule has 2 aliphatic heterocycles. The maximum atomic E-state index is 6.55. The molecule has 0 unspecified atom stereocenters. The van der Waals surface area contributed by atoms with Crippen LogP contribution >= 0.6 is 46.7 Å². The quantitative estimate of drug-likeness (QED) is 0.165. The minimum absolute atomic E-state index is 0.737. The number of hydrogen-bond acceptors (Lipinski definition) is 6. The standard InChI is InChI=1S/C23H29ClN2S.C21H25ClN2S/c24-22-9-7-19-10-12-25-13-11-21(19)23(22)27-16-20-8-6-18(15-26-20)14-17-4-2-1-3-5-17;22-20-8-6-16-9-11-23-12-10-19(16)21(20)25-14-18-7-5-17(13-24-18)15-3-1-2-4-15/h6-9,15,17,25H,1-5,10-14,16H2;5-8,13,15,23H,1-4,9-12,14H2. The van der Waals surface area contributed by atoms with Crippen molar-refractivity contribution in [3.8, 4) is 0 Å². The highest BCUT2D eigenvalue weighted by molar-refractivity contribution is 7.99. The first-order valence-corrected chi connectivity index (χ1v) is 22.5. The highest BCUT2D eigenvalue weighted by atomic mass is 35.5. The maximum Gasteiger partial charge on any atom is 0.0544 e. The fraction of sp³-hybridized carbons (Fsp3) is 0.500. The molecule has 0 radical (unpaired) electrons. The van der Waals surface area contributed by atoms with E-state index in [9.17, 15) is 0 Å². The van der Waals surface area contributed by atoms with Gasteiger partial charge in [-0.1, -0.05) is 92.4 Å². The normalized spacial score (nSPS) is 18.1. The zero-order valence-electron chi connectivity index (χ0n) is 30.5. The van der Waals surface area contributed by atoms with E-state index in [0.717, 1.165) is 96.6 Å². The third-order valence-electron chi connectivity index (χ3n) is 11.4. The van der Waals surface area contributed by atoms with E-state index in [0.29, 0.717) is 0 Å². The lowest BCUT2D eigenvalue weighted by atomic mass is 9.85. The Balaban J connectivity index is 0.000000162. The summed E-state index contributed by atoms with van der Waals surface area (Å²) in [6.07, 6.45) is 22.1. The Labute approximate surface area is 330 Å². The van der Waals surface area contributed by atoms with Crippen LogP contribution in [0, 0.1) is 5.92 Å². The van der Waals surface area contributed by atoms with E-state index in [1.807, 2.05) is 23.5 Å². The molecule has 2 saturated carbocycles. The number of benzene rings is 2. The Morgan fingerprint density at radius 1 is 0.577 bits per heavy atom. The van der Waals surface area contributed by atoms with Gasteiger partial charge in [0.2, 0.25) is 0 Å². The lowest BCUT2D eigenvalue weighted by molar-refractivity contribution is 0.356. The van der Waals surface area contributed by atoms with E-state index >= 15 is 0 Å². The van der Waals surface area contributed by atoms with E-state index in [4.69, 9.17) is 33.2 Å². The molecular weight excluding hydrogens is 720 g/mol. The van der Waals surface area contributed by atoms with Gasteiger partial charge in [-0.05, 0) is 141 Å². The van der Waals surface area contributed by atoms with E-state index in [2.05, 4.69) is 71.6 Å². The number of nitrogens with zero attached hydrogens (tertiary/aromatic N) is 2. The summed E-state index contributed by atoms with van der Waals surface area (Å²) in [5.41, 5.74) is 10.9. The highest BCUT2D eigenvalue weighted by Gasteiger charge is 2.19. The van der Waals surface area contributed by atoms with Gasteiger partial charge in [-0.3, -0.25) is 9.97 Å². The van der Waals surface area contributed by atoms with Crippen molar-refractivity contribution in [2.75, 3.05) is 26.2 Å². The van der Waals surface area contributed by atoms with Crippen molar-refractivity contribution in [1.29, 1.82) is 0 Å². The van der Waals surface area contributed by atoms with Crippen LogP contribution in [0.2, 0.25) is 10.0 Å². The lowest BCUT2D eigenvalue weighted by Crippen LogP contribution is -2.16. The molecule has 52 heavy (non-hydrogen) atoms. The molecule has 4 nitrogen and oxygen atoms in total. The minimum Gasteiger partial charge on any atom is -0.316 e. The van der Waals surface area contributed by atoms with Crippen molar-refractivity contribution < 1.29 is 0 Å². The first-order valence-electron chi connectivity index (χ1n) is 19.8. The van der Waals surface area contributed by atoms with Gasteiger partial charge in [-0.25, -0.2) is 0 Å². The molecule has 0 atom stereocenters. The predicted molar refractivity (Wildman–Crippen MR) is 223 cm³/mol. The maximum absolute atomic E-state index is 6.55. The summed E-state index contributed by atoms with van der Waals surface area (Å²) in [6, 6.07) is 17.5. The summed E-state index contributed by atoms with van der Waals surface area (Å²) in [5, 5.41) is 8.74. The molecule has 2 aliphatic carbocycles. The number of fused-ring (bicyclic) bond motifs is 2. The summed E-state index contributed by atoms with van der Waals surface area (Å²) >= 11 is 16.8. The zero-order chi connectivity index (χ0) is 35.5. The van der Waals surface area contributed by atoms with Crippen molar-refractivity contribution in [3.05, 3.63) is 116 Å². The molecule has 0 spiro atoms. The number of hydrogen-bond donors (Lipinski definition) is 2. The third kappa shape index (κ3) is 10.4. The number of rotatable bonds is 9. The SMILES string of the molecule is Clc1ccc2c(c1SCc1ccc(C3CCCC3)cn1)CCNCC2.Clc1ccc2c(c1SCc1ccc(CC3CCCCC3)cn1)CCNCC2. The van der Waals surface area contributed by atoms with Gasteiger partial charge in [0, 0.05) is 33.7 Å². The molecule has 4 heterocycles. The van der Waals surface area contributed by atoms with Crippen molar-refractivity contribution in [3.63, 3.8) is 0 Å². The molecule has 2 N–H and O–H groups in total. The zero-order valence-corrected chi connectivity index (χ0v) is 33.7. The Morgan fingerprint density at radius 2 is 1.12 bits per heavy atom. The van der Waals surface area contributed by atoms with Crippen molar-refractivity contribution in [1.82, 2.24) is 20.6 Å². The predicted octanol–water partition coefficient (Wildman–Crippen LogP) is 11.2. The van der Waals surface area contributed by atoms with Gasteiger partial charge >= 0.3 is 0 Å². The number of pyridine rings is 2. The second-order valence-electron chi connectivity index (χ2n) is 15.0. The summed E-state index contributed by atoms with van der Waals surface area (Å²) in [7, 11) is 0. The van der Waals surface area contributed by atoms with Gasteiger partial charge in [-0.2, -0.15) is 0 Å². The van der Waals surface area contributed by atoms with Crippen molar-refractivity contribution in [2.24, 2.45) is 5.92 Å². The Hall–Kier alpha value is -2.06. The Morgan fingerprint density at radius 3 is 1.65 bits per heavy atom. The second kappa shape index (κ2) is 19.5. The summed E-state index contributed by atoms with van der Waals surface area (Å²) in [6.45, 7) is 4.19. The first kappa shape index (κ1) is 38.2. The van der Waals surface area contributed by atoms with Crippen LogP contribution in [0.5, 0.6) is 0 Å². The van der Waals surface area contributed by atoms with E-state index in [1.54, 1.807) is 0 Å². The molecule has 2 aromatic carbocycles. The Bertz CT molecular complexity index is 1740. The summed E-state index contributed by atoms with van der Waals surface area (Å²) in [5.74, 6) is 3.37. The molecule has 276 valence electrons. The number of halogens is 2. The average molecular weight is 774 g/mol. The van der Waals surface area contributed by atoms with Crippen LogP contribution < -0.4 is 10.6 Å². The molecular formula is C44H54Cl2N4S2. The van der Waals surface area contributed by atoms with Gasteiger partial charge in [0.15, 0.2) is 0 Å². The third-order valence-corrected chi connectivity index (χ3v) is 14.6. The molecule has 0 amide bonds. The number of nitrogens with one attached hydrogen (secondary N) is 2. The largest absolute Gasteiger partial charge is 0.316 e. The minimum atomic E-state index is 0.737. The summed E-state index contributed by atoms with van der Waals surface area (Å²) in [4.78, 5) is 12.0. The fourth-order valence-corrected chi connectivity index (χ4v) is 11.3. The van der Waals surface area contributed by atoms with E-state index in [1.165, 1.54) is 107 Å². The van der Waals surface area contributed by atoms with Crippen LogP contribution in [0.4, 0.5) is 0 Å². The number of aromatic nitrogens is 2. The number of thioether (sulfide) groups is 2. The summed E-state index contributed by atoms with van der Waals surface area (Å²) < 4.78 is 0. The fourth-order valence-electron chi connectivity index (χ4n) is 8.43. The lowest BCUT2D eigenvalue weighted by Gasteiger charge is -2.21. The van der Waals surface area contributed by atoms with Gasteiger partial charge in [0.05, 0.1) is 21.4 Å². The van der Waals surface area contributed by atoms with Crippen molar-refractivity contribution >= 4 is 46.7 Å². The van der Waals surface area contributed by atoms with E-state index < -0.39 is 0 Å². The Kier molecular flexibility index (Phi) is 14.3. The smallest absolute Gasteiger partial charge is 0.0544 e. The van der Waals surface area contributed by atoms with Crippen LogP contribution in [-0.2, 0) is 43.6 Å². The first-order chi connectivity index (χ1) is 25.6. The van der Waals surface area contributed by atoms with Gasteiger partial charge < -0.3 is 10.6 Å². The highest BCUT2D eigenvalue weighted by Crippen LogP contribution is 2.38. The van der Waals surface area contributed by atoms with E-state index in [-0.39, 0.29) is 0 Å². The van der Waals surface area contributed by atoms with Crippen LogP contribution in [0.15, 0.2) is 70.7 Å². The molecule has 0 saturated heterocycles. The average Bonchev–Trinajstić information content (AvgIpc) is 3.47. The van der Waals surface area contributed by atoms with Crippen molar-refractivity contribution in [2.45, 2.75) is 117 Å². The topological polar surface area (TPSA) is 49.8 Å².